The Balaban J connectivity index is 1.67. The lowest BCUT2D eigenvalue weighted by Crippen LogP contribution is -2.13. The third-order valence-corrected chi connectivity index (χ3v) is 4.56. The van der Waals surface area contributed by atoms with Gasteiger partial charge in [0, 0.05) is 25.5 Å². The molecule has 0 radical (unpaired) electrons. The first-order valence-electron chi connectivity index (χ1n) is 9.39. The Bertz CT molecular complexity index is 883. The van der Waals surface area contributed by atoms with E-state index in [9.17, 15) is 0 Å². The number of aromatic nitrogens is 1. The van der Waals surface area contributed by atoms with E-state index in [1.165, 1.54) is 11.1 Å². The van der Waals surface area contributed by atoms with Crippen LogP contribution in [0.25, 0.3) is 0 Å². The molecule has 0 saturated heterocycles. The molecule has 0 spiro atoms. The van der Waals surface area contributed by atoms with E-state index < -0.39 is 0 Å². The van der Waals surface area contributed by atoms with Gasteiger partial charge in [0.2, 0.25) is 0 Å². The molecule has 2 aromatic carbocycles. The van der Waals surface area contributed by atoms with Crippen LogP contribution >= 0.6 is 11.6 Å². The summed E-state index contributed by atoms with van der Waals surface area (Å²) in [6.07, 6.45) is 3.59. The number of halogens is 1. The maximum atomic E-state index is 6.52. The minimum atomic E-state index is 0.444. The number of nitrogens with one attached hydrogen (secondary N) is 1. The van der Waals surface area contributed by atoms with Crippen molar-refractivity contribution in [1.82, 2.24) is 10.3 Å². The fourth-order valence-electron chi connectivity index (χ4n) is 2.82. The first-order valence-corrected chi connectivity index (χ1v) is 9.76. The van der Waals surface area contributed by atoms with Gasteiger partial charge in [0.25, 0.3) is 0 Å². The largest absolute Gasteiger partial charge is 0.490 e. The minimum absolute atomic E-state index is 0.444. The highest BCUT2D eigenvalue weighted by atomic mass is 35.5. The second-order valence-electron chi connectivity index (χ2n) is 6.57. The number of pyridine rings is 1. The monoisotopic (exact) mass is 396 g/mol. The minimum Gasteiger partial charge on any atom is -0.490 e. The Labute approximate surface area is 171 Å². The summed E-state index contributed by atoms with van der Waals surface area (Å²) in [5.41, 5.74) is 4.54. The van der Waals surface area contributed by atoms with E-state index in [1.54, 1.807) is 12.4 Å². The fraction of sp³-hybridized carbons (Fsp3) is 0.261. The van der Waals surface area contributed by atoms with Gasteiger partial charge in [-0.1, -0.05) is 41.4 Å². The zero-order valence-corrected chi connectivity index (χ0v) is 17.0. The first kappa shape index (κ1) is 20.2. The van der Waals surface area contributed by atoms with E-state index in [0.29, 0.717) is 36.3 Å². The molecule has 0 aliphatic carbocycles. The predicted molar refractivity (Wildman–Crippen MR) is 113 cm³/mol. The van der Waals surface area contributed by atoms with Gasteiger partial charge in [0.05, 0.1) is 11.6 Å². The molecule has 3 rings (SSSR count). The van der Waals surface area contributed by atoms with Gasteiger partial charge in [-0.05, 0) is 54.8 Å². The Morgan fingerprint density at radius 2 is 1.61 bits per heavy atom. The zero-order chi connectivity index (χ0) is 19.8. The van der Waals surface area contributed by atoms with Crippen molar-refractivity contribution < 1.29 is 9.47 Å². The molecular formula is C23H25ClN2O2. The molecule has 4 nitrogen and oxygen atoms in total. The molecule has 0 amide bonds. The molecule has 1 heterocycles. The highest BCUT2D eigenvalue weighted by molar-refractivity contribution is 6.32. The van der Waals surface area contributed by atoms with Crippen molar-refractivity contribution >= 4 is 11.6 Å². The lowest BCUT2D eigenvalue weighted by atomic mass is 10.1. The van der Waals surface area contributed by atoms with Gasteiger partial charge in [-0.25, -0.2) is 0 Å². The number of ether oxygens (including phenoxy) is 2. The quantitative estimate of drug-likeness (QED) is 0.532. The van der Waals surface area contributed by atoms with E-state index in [4.69, 9.17) is 21.1 Å². The average Bonchev–Trinajstić information content (AvgIpc) is 2.70. The van der Waals surface area contributed by atoms with Crippen molar-refractivity contribution in [2.75, 3.05) is 6.61 Å². The molecule has 0 aliphatic heterocycles. The van der Waals surface area contributed by atoms with Crippen LogP contribution in [0, 0.1) is 6.92 Å². The molecule has 0 atom stereocenters. The third kappa shape index (κ3) is 5.72. The van der Waals surface area contributed by atoms with Crippen molar-refractivity contribution in [1.29, 1.82) is 0 Å². The van der Waals surface area contributed by atoms with E-state index in [-0.39, 0.29) is 0 Å². The van der Waals surface area contributed by atoms with Crippen LogP contribution in [-0.4, -0.2) is 11.6 Å². The Morgan fingerprint density at radius 1 is 0.893 bits per heavy atom. The van der Waals surface area contributed by atoms with Crippen LogP contribution in [0.2, 0.25) is 5.02 Å². The molecule has 146 valence electrons. The van der Waals surface area contributed by atoms with Crippen LogP contribution in [0.3, 0.4) is 0 Å². The molecule has 28 heavy (non-hydrogen) atoms. The summed E-state index contributed by atoms with van der Waals surface area (Å²) in [4.78, 5) is 4.03. The fourth-order valence-corrected chi connectivity index (χ4v) is 3.11. The van der Waals surface area contributed by atoms with Gasteiger partial charge in [0.15, 0.2) is 11.5 Å². The molecule has 0 unspecified atom stereocenters. The van der Waals surface area contributed by atoms with Gasteiger partial charge in [-0.2, -0.15) is 0 Å². The lowest BCUT2D eigenvalue weighted by Gasteiger charge is -2.16. The second kappa shape index (κ2) is 10.1. The molecule has 0 aliphatic rings. The maximum Gasteiger partial charge on any atom is 0.180 e. The standard InChI is InChI=1S/C23H25ClN2O2/c1-3-27-22-13-20(15-26-14-18-8-10-25-11-9-18)12-21(24)23(22)28-16-19-6-4-17(2)5-7-19/h4-13,26H,3,14-16H2,1-2H3. The van der Waals surface area contributed by atoms with Crippen LogP contribution in [0.15, 0.2) is 60.9 Å². The normalized spacial score (nSPS) is 10.7. The van der Waals surface area contributed by atoms with Crippen molar-refractivity contribution in [3.05, 3.63) is 88.2 Å². The lowest BCUT2D eigenvalue weighted by molar-refractivity contribution is 0.269. The van der Waals surface area contributed by atoms with Crippen molar-refractivity contribution in [3.63, 3.8) is 0 Å². The number of hydrogen-bond donors (Lipinski definition) is 1. The number of hydrogen-bond acceptors (Lipinski definition) is 4. The molecule has 5 heteroatoms. The molecule has 0 saturated carbocycles. The van der Waals surface area contributed by atoms with Gasteiger partial charge >= 0.3 is 0 Å². The SMILES string of the molecule is CCOc1cc(CNCc2ccncc2)cc(Cl)c1OCc1ccc(C)cc1. The van der Waals surface area contributed by atoms with Gasteiger partial charge in [0.1, 0.15) is 6.61 Å². The molecular weight excluding hydrogens is 372 g/mol. The first-order chi connectivity index (χ1) is 13.7. The van der Waals surface area contributed by atoms with Crippen molar-refractivity contribution in [2.45, 2.75) is 33.5 Å². The summed E-state index contributed by atoms with van der Waals surface area (Å²) in [6, 6.07) is 16.2. The Hall–Kier alpha value is -2.56. The van der Waals surface area contributed by atoms with Crippen LogP contribution in [0.5, 0.6) is 11.5 Å². The van der Waals surface area contributed by atoms with Gasteiger partial charge in [-0.3, -0.25) is 4.98 Å². The highest BCUT2D eigenvalue weighted by Crippen LogP contribution is 2.37. The van der Waals surface area contributed by atoms with Crippen LogP contribution in [0.1, 0.15) is 29.2 Å². The molecule has 3 aromatic rings. The number of benzene rings is 2. The van der Waals surface area contributed by atoms with Crippen LogP contribution in [-0.2, 0) is 19.7 Å². The topological polar surface area (TPSA) is 43.4 Å². The Kier molecular flexibility index (Phi) is 7.29. The number of nitrogens with zero attached hydrogens (tertiary/aromatic N) is 1. The summed E-state index contributed by atoms with van der Waals surface area (Å²) in [5.74, 6) is 1.25. The molecule has 1 N–H and O–H groups in total. The second-order valence-corrected chi connectivity index (χ2v) is 6.98. The van der Waals surface area contributed by atoms with Gasteiger partial charge in [-0.15, -0.1) is 0 Å². The number of rotatable bonds is 9. The molecule has 1 aromatic heterocycles. The average molecular weight is 397 g/mol. The molecule has 0 bridgehead atoms. The summed E-state index contributed by atoms with van der Waals surface area (Å²) in [5, 5.41) is 3.97. The van der Waals surface area contributed by atoms with Gasteiger partial charge < -0.3 is 14.8 Å². The third-order valence-electron chi connectivity index (χ3n) is 4.28. The van der Waals surface area contributed by atoms with Crippen molar-refractivity contribution in [2.24, 2.45) is 0 Å². The van der Waals surface area contributed by atoms with Crippen LogP contribution < -0.4 is 14.8 Å². The Morgan fingerprint density at radius 3 is 2.32 bits per heavy atom. The van der Waals surface area contributed by atoms with E-state index in [2.05, 4.69) is 41.5 Å². The van der Waals surface area contributed by atoms with E-state index >= 15 is 0 Å². The summed E-state index contributed by atoms with van der Waals surface area (Å²) < 4.78 is 11.8. The highest BCUT2D eigenvalue weighted by Gasteiger charge is 2.13. The summed E-state index contributed by atoms with van der Waals surface area (Å²) in [7, 11) is 0. The van der Waals surface area contributed by atoms with E-state index in [1.807, 2.05) is 31.2 Å². The predicted octanol–water partition coefficient (Wildman–Crippen LogP) is 5.31. The summed E-state index contributed by atoms with van der Waals surface area (Å²) >= 11 is 6.52. The summed E-state index contributed by atoms with van der Waals surface area (Å²) in [6.45, 7) is 6.45. The number of aryl methyl sites for hydroxylation is 1. The zero-order valence-electron chi connectivity index (χ0n) is 16.2. The molecule has 0 fully saturated rings. The smallest absolute Gasteiger partial charge is 0.180 e. The van der Waals surface area contributed by atoms with Crippen LogP contribution in [0.4, 0.5) is 0 Å². The maximum absolute atomic E-state index is 6.52. The van der Waals surface area contributed by atoms with Crippen molar-refractivity contribution in [3.8, 4) is 11.5 Å². The van der Waals surface area contributed by atoms with E-state index in [0.717, 1.165) is 17.7 Å².